The van der Waals surface area contributed by atoms with Crippen molar-refractivity contribution < 1.29 is 17.5 Å². The molecule has 7 nitrogen and oxygen atoms in total. The van der Waals surface area contributed by atoms with Crippen LogP contribution < -0.4 is 10.6 Å². The van der Waals surface area contributed by atoms with Gasteiger partial charge in [-0.3, -0.25) is 9.89 Å². The number of sulfone groups is 1. The number of benzene rings is 1. The Morgan fingerprint density at radius 2 is 1.83 bits per heavy atom. The molecule has 1 atom stereocenters. The summed E-state index contributed by atoms with van der Waals surface area (Å²) in [7, 11) is -1.55. The molecule has 1 aromatic rings. The van der Waals surface area contributed by atoms with Gasteiger partial charge in [0, 0.05) is 33.2 Å². The van der Waals surface area contributed by atoms with Crippen molar-refractivity contribution in [2.24, 2.45) is 4.99 Å². The van der Waals surface area contributed by atoms with Crippen molar-refractivity contribution in [2.75, 3.05) is 52.2 Å². The van der Waals surface area contributed by atoms with Crippen molar-refractivity contribution in [1.29, 1.82) is 0 Å². The Hall–Kier alpha value is -1.71. The first-order chi connectivity index (χ1) is 13.6. The number of hydrogen-bond acceptors (Lipinski definition) is 5. The first kappa shape index (κ1) is 23.6. The quantitative estimate of drug-likeness (QED) is 0.507. The minimum absolute atomic E-state index is 0.0244. The number of hydrogen-bond donors (Lipinski definition) is 2. The molecule has 1 heterocycles. The summed E-state index contributed by atoms with van der Waals surface area (Å²) >= 11 is 0. The van der Waals surface area contributed by atoms with E-state index in [0.717, 1.165) is 18.7 Å². The van der Waals surface area contributed by atoms with Gasteiger partial charge in [-0.25, -0.2) is 12.8 Å². The molecule has 1 aliphatic heterocycles. The molecule has 1 aliphatic rings. The van der Waals surface area contributed by atoms with Gasteiger partial charge in [0.25, 0.3) is 0 Å². The van der Waals surface area contributed by atoms with Crippen LogP contribution >= 0.6 is 0 Å². The molecule has 1 aromatic carbocycles. The number of halogens is 1. The predicted octanol–water partition coefficient (Wildman–Crippen LogP) is 1.58. The fourth-order valence-corrected chi connectivity index (χ4v) is 4.04. The summed E-state index contributed by atoms with van der Waals surface area (Å²) in [5.41, 5.74) is 1.01. The topological polar surface area (TPSA) is 83.0 Å². The fourth-order valence-electron chi connectivity index (χ4n) is 3.06. The Morgan fingerprint density at radius 3 is 2.38 bits per heavy atom. The highest BCUT2D eigenvalue weighted by Crippen LogP contribution is 2.21. The third-order valence-corrected chi connectivity index (χ3v) is 7.63. The lowest BCUT2D eigenvalue weighted by molar-refractivity contribution is 0.0170. The summed E-state index contributed by atoms with van der Waals surface area (Å²) in [5, 5.41) is 6.35. The van der Waals surface area contributed by atoms with E-state index in [1.165, 1.54) is 12.1 Å². The van der Waals surface area contributed by atoms with Crippen LogP contribution in [-0.2, 0) is 14.6 Å². The average Bonchev–Trinajstić information content (AvgIpc) is 2.68. The number of ether oxygens (including phenoxy) is 1. The molecule has 0 saturated carbocycles. The lowest BCUT2D eigenvalue weighted by atomic mass is 10.0. The van der Waals surface area contributed by atoms with E-state index in [0.29, 0.717) is 25.7 Å². The van der Waals surface area contributed by atoms with Gasteiger partial charge in [0.05, 0.1) is 29.8 Å². The number of rotatable bonds is 7. The Labute approximate surface area is 173 Å². The van der Waals surface area contributed by atoms with Crippen LogP contribution in [0.3, 0.4) is 0 Å². The van der Waals surface area contributed by atoms with Crippen LogP contribution in [0, 0.1) is 5.82 Å². The molecular weight excluding hydrogens is 395 g/mol. The van der Waals surface area contributed by atoms with E-state index in [1.54, 1.807) is 40.0 Å². The molecule has 29 heavy (non-hydrogen) atoms. The zero-order valence-corrected chi connectivity index (χ0v) is 18.6. The maximum absolute atomic E-state index is 13.4. The van der Waals surface area contributed by atoms with Gasteiger partial charge >= 0.3 is 0 Å². The number of morpholine rings is 1. The molecule has 2 N–H and O–H groups in total. The second kappa shape index (κ2) is 10.4. The third-order valence-electron chi connectivity index (χ3n) is 5.02. The number of aliphatic imine (C=N–C) groups is 1. The second-order valence-corrected chi connectivity index (χ2v) is 10.9. The predicted molar refractivity (Wildman–Crippen MR) is 114 cm³/mol. The van der Waals surface area contributed by atoms with Crippen molar-refractivity contribution in [3.8, 4) is 0 Å². The summed E-state index contributed by atoms with van der Waals surface area (Å²) in [6.07, 6.45) is 0. The van der Waals surface area contributed by atoms with Crippen LogP contribution in [0.4, 0.5) is 4.39 Å². The minimum atomic E-state index is -3.20. The van der Waals surface area contributed by atoms with Gasteiger partial charge in [-0.2, -0.15) is 0 Å². The van der Waals surface area contributed by atoms with Crippen LogP contribution in [0.1, 0.15) is 32.4 Å². The van der Waals surface area contributed by atoms with Gasteiger partial charge < -0.3 is 15.4 Å². The van der Waals surface area contributed by atoms with Crippen LogP contribution in [0.15, 0.2) is 29.3 Å². The number of guanidine groups is 1. The number of nitrogens with one attached hydrogen (secondary N) is 2. The molecule has 1 saturated heterocycles. The largest absolute Gasteiger partial charge is 0.379 e. The molecule has 1 unspecified atom stereocenters. The van der Waals surface area contributed by atoms with Gasteiger partial charge in [-0.1, -0.05) is 12.1 Å². The molecule has 0 radical (unpaired) electrons. The van der Waals surface area contributed by atoms with Crippen molar-refractivity contribution in [3.05, 3.63) is 35.6 Å². The van der Waals surface area contributed by atoms with Gasteiger partial charge in [-0.15, -0.1) is 0 Å². The zero-order valence-electron chi connectivity index (χ0n) is 17.7. The summed E-state index contributed by atoms with van der Waals surface area (Å²) < 4.78 is 42.5. The average molecular weight is 429 g/mol. The van der Waals surface area contributed by atoms with Crippen LogP contribution in [-0.4, -0.2) is 76.2 Å². The van der Waals surface area contributed by atoms with Gasteiger partial charge in [-0.05, 0) is 38.5 Å². The van der Waals surface area contributed by atoms with E-state index < -0.39 is 14.6 Å². The Morgan fingerprint density at radius 1 is 1.21 bits per heavy atom. The summed E-state index contributed by atoms with van der Waals surface area (Å²) in [4.78, 5) is 6.48. The highest BCUT2D eigenvalue weighted by molar-refractivity contribution is 7.92. The molecule has 164 valence electrons. The third kappa shape index (κ3) is 6.94. The highest BCUT2D eigenvalue weighted by atomic mass is 32.2. The van der Waals surface area contributed by atoms with Crippen molar-refractivity contribution >= 4 is 15.8 Å². The summed E-state index contributed by atoms with van der Waals surface area (Å²) in [6, 6.07) is 6.55. The lowest BCUT2D eigenvalue weighted by Gasteiger charge is -2.35. The van der Waals surface area contributed by atoms with Crippen molar-refractivity contribution in [1.82, 2.24) is 15.5 Å². The zero-order chi connectivity index (χ0) is 21.5. The van der Waals surface area contributed by atoms with Crippen LogP contribution in [0.2, 0.25) is 0 Å². The van der Waals surface area contributed by atoms with E-state index in [1.807, 2.05) is 0 Å². The maximum Gasteiger partial charge on any atom is 0.191 e. The fraction of sp³-hybridized carbons (Fsp3) is 0.650. The van der Waals surface area contributed by atoms with Gasteiger partial charge in [0.2, 0.25) is 0 Å². The van der Waals surface area contributed by atoms with Crippen LogP contribution in [0.25, 0.3) is 0 Å². The van der Waals surface area contributed by atoms with Crippen molar-refractivity contribution in [3.63, 3.8) is 0 Å². The number of nitrogens with zero attached hydrogens (tertiary/aromatic N) is 2. The summed E-state index contributed by atoms with van der Waals surface area (Å²) in [6.45, 7) is 8.83. The van der Waals surface area contributed by atoms with E-state index >= 15 is 0 Å². The smallest absolute Gasteiger partial charge is 0.191 e. The highest BCUT2D eigenvalue weighted by Gasteiger charge is 2.28. The Balaban J connectivity index is 1.98. The molecule has 1 fully saturated rings. The standard InChI is InChI=1S/C20H33FN4O3S/c1-20(2,3)29(26,27)14-9-23-19(22-4)24-15-18(25-10-12-28-13-11-25)16-5-7-17(21)8-6-16/h5-8,18H,9-15H2,1-4H3,(H2,22,23,24). The molecule has 0 bridgehead atoms. The lowest BCUT2D eigenvalue weighted by Crippen LogP contribution is -2.47. The minimum Gasteiger partial charge on any atom is -0.379 e. The monoisotopic (exact) mass is 428 g/mol. The van der Waals surface area contributed by atoms with Gasteiger partial charge in [0.1, 0.15) is 5.82 Å². The Bertz CT molecular complexity index is 770. The molecular formula is C20H33FN4O3S. The summed E-state index contributed by atoms with van der Waals surface area (Å²) in [5.74, 6) is 0.302. The van der Waals surface area contributed by atoms with E-state index in [4.69, 9.17) is 4.74 Å². The normalized spacial score (nSPS) is 17.8. The first-order valence-corrected chi connectivity index (χ1v) is 11.5. The molecule has 2 rings (SSSR count). The second-order valence-electron chi connectivity index (χ2n) is 8.03. The molecule has 0 spiro atoms. The van der Waals surface area contributed by atoms with E-state index in [-0.39, 0.29) is 24.2 Å². The molecule has 0 aliphatic carbocycles. The van der Waals surface area contributed by atoms with E-state index in [2.05, 4.69) is 20.5 Å². The van der Waals surface area contributed by atoms with Crippen molar-refractivity contribution in [2.45, 2.75) is 31.6 Å². The molecule has 9 heteroatoms. The Kier molecular flexibility index (Phi) is 8.42. The SMILES string of the molecule is CN=C(NCCS(=O)(=O)C(C)(C)C)NCC(c1ccc(F)cc1)N1CCOCC1. The first-order valence-electron chi connectivity index (χ1n) is 9.88. The van der Waals surface area contributed by atoms with Crippen LogP contribution in [0.5, 0.6) is 0 Å². The molecule has 0 amide bonds. The van der Waals surface area contributed by atoms with E-state index in [9.17, 15) is 12.8 Å². The van der Waals surface area contributed by atoms with Gasteiger partial charge in [0.15, 0.2) is 15.8 Å². The molecule has 0 aromatic heterocycles. The maximum atomic E-state index is 13.4.